The second-order valence-electron chi connectivity index (χ2n) is 8.71. The Morgan fingerprint density at radius 3 is 2.90 bits per heavy atom. The molecule has 0 saturated carbocycles. The van der Waals surface area contributed by atoms with Gasteiger partial charge in [0.2, 0.25) is 0 Å². The number of ether oxygens (including phenoxy) is 2. The Morgan fingerprint density at radius 2 is 2.10 bits per heavy atom. The molecule has 156 valence electrons. The maximum absolute atomic E-state index is 13.4. The van der Waals surface area contributed by atoms with Gasteiger partial charge in [0.05, 0.1) is 17.8 Å². The number of rotatable bonds is 3. The number of nitrogens with one attached hydrogen (secondary N) is 1. The summed E-state index contributed by atoms with van der Waals surface area (Å²) in [5, 5.41) is 10.8. The van der Waals surface area contributed by atoms with Crippen LogP contribution in [-0.4, -0.2) is 41.3 Å². The van der Waals surface area contributed by atoms with Gasteiger partial charge in [-0.15, -0.1) is 0 Å². The predicted octanol–water partition coefficient (Wildman–Crippen LogP) is 4.72. The zero-order chi connectivity index (χ0) is 21.0. The van der Waals surface area contributed by atoms with Gasteiger partial charge in [0.15, 0.2) is 5.78 Å². The van der Waals surface area contributed by atoms with Crippen LogP contribution in [0.5, 0.6) is 5.75 Å². The number of benzene rings is 2. The number of hydrogen-bond donors (Lipinski definition) is 2. The second kappa shape index (κ2) is 7.22. The van der Waals surface area contributed by atoms with E-state index in [1.165, 1.54) is 0 Å². The highest BCUT2D eigenvalue weighted by Gasteiger charge is 2.39. The minimum atomic E-state index is -0.374. The van der Waals surface area contributed by atoms with Gasteiger partial charge >= 0.3 is 0 Å². The second-order valence-corrected chi connectivity index (χ2v) is 9.62. The summed E-state index contributed by atoms with van der Waals surface area (Å²) in [4.78, 5) is 16.9. The molecule has 0 bridgehead atoms. The lowest BCUT2D eigenvalue weighted by atomic mass is 9.71. The van der Waals surface area contributed by atoms with Crippen molar-refractivity contribution in [1.82, 2.24) is 4.98 Å². The number of carbonyl (C=O) groups excluding carboxylic acids is 1. The van der Waals surface area contributed by atoms with Gasteiger partial charge in [0, 0.05) is 45.1 Å². The number of H-pyrrole nitrogens is 1. The van der Waals surface area contributed by atoms with E-state index in [2.05, 4.69) is 34.8 Å². The molecule has 1 saturated heterocycles. The Morgan fingerprint density at radius 1 is 1.27 bits per heavy atom. The Bertz CT molecular complexity index is 1150. The van der Waals surface area contributed by atoms with Gasteiger partial charge in [0.1, 0.15) is 12.4 Å². The lowest BCUT2D eigenvalue weighted by molar-refractivity contribution is -0.0600. The first-order valence-electron chi connectivity index (χ1n) is 10.3. The largest absolute Gasteiger partial charge is 0.491 e. The van der Waals surface area contributed by atoms with Crippen LogP contribution in [0, 0.1) is 0 Å². The highest BCUT2D eigenvalue weighted by Crippen LogP contribution is 2.44. The molecular weight excluding hydrogens is 446 g/mol. The summed E-state index contributed by atoms with van der Waals surface area (Å²) in [5.41, 5.74) is 3.94. The molecule has 2 aromatic carbocycles. The summed E-state index contributed by atoms with van der Waals surface area (Å²) in [6.07, 6.45) is 0.823. The average molecular weight is 470 g/mol. The van der Waals surface area contributed by atoms with Crippen LogP contribution in [0.15, 0.2) is 40.9 Å². The smallest absolute Gasteiger partial charge is 0.195 e. The van der Waals surface area contributed by atoms with Crippen molar-refractivity contribution >= 4 is 32.6 Å². The molecule has 1 aromatic heterocycles. The zero-order valence-electron chi connectivity index (χ0n) is 17.0. The number of aromatic amines is 1. The summed E-state index contributed by atoms with van der Waals surface area (Å²) in [5.74, 6) is 0.749. The number of fused-ring (bicyclic) bond motifs is 4. The number of hydrogen-bond acceptors (Lipinski definition) is 4. The van der Waals surface area contributed by atoms with E-state index < -0.39 is 0 Å². The molecule has 30 heavy (non-hydrogen) atoms. The molecule has 6 heteroatoms. The highest BCUT2D eigenvalue weighted by molar-refractivity contribution is 9.10. The van der Waals surface area contributed by atoms with Crippen LogP contribution in [0.25, 0.3) is 10.9 Å². The predicted molar refractivity (Wildman–Crippen MR) is 118 cm³/mol. The number of carbonyl (C=O) groups is 1. The SMILES string of the molecule is CC1(C)c2cc(OC[C@@H]3C[C@H](O)CCO3)ccc2C(=O)c2c1[nH]c1cc(Br)ccc21. The first-order chi connectivity index (χ1) is 14.3. The minimum absolute atomic E-state index is 0.0400. The molecule has 1 aliphatic heterocycles. The van der Waals surface area contributed by atoms with Gasteiger partial charge in [-0.05, 0) is 42.3 Å². The standard InChI is InChI=1S/C24H24BrNO4/c1-24(2)19-11-15(30-12-16-10-14(27)7-8-29-16)4-6-17(19)22(28)21-18-5-3-13(25)9-20(18)26-23(21)24/h3-6,9,11,14,16,26-27H,7-8,10,12H2,1-2H3/t14-,16+/m1/s1. The van der Waals surface area contributed by atoms with Crippen molar-refractivity contribution in [3.8, 4) is 5.75 Å². The van der Waals surface area contributed by atoms with Crippen molar-refractivity contribution in [3.63, 3.8) is 0 Å². The molecule has 3 aromatic rings. The molecule has 5 nitrogen and oxygen atoms in total. The number of halogens is 1. The summed E-state index contributed by atoms with van der Waals surface area (Å²) >= 11 is 3.51. The Hall–Kier alpha value is -2.15. The molecule has 2 atom stereocenters. The van der Waals surface area contributed by atoms with Gasteiger partial charge in [-0.25, -0.2) is 0 Å². The van der Waals surface area contributed by atoms with Crippen LogP contribution in [-0.2, 0) is 10.2 Å². The van der Waals surface area contributed by atoms with E-state index in [9.17, 15) is 9.90 Å². The average Bonchev–Trinajstić information content (AvgIpc) is 3.10. The first-order valence-corrected chi connectivity index (χ1v) is 11.1. The third kappa shape index (κ3) is 3.18. The third-order valence-electron chi connectivity index (χ3n) is 6.30. The van der Waals surface area contributed by atoms with Gasteiger partial charge < -0.3 is 19.6 Å². The van der Waals surface area contributed by atoms with Crippen LogP contribution < -0.4 is 4.74 Å². The minimum Gasteiger partial charge on any atom is -0.491 e. The van der Waals surface area contributed by atoms with E-state index in [1.54, 1.807) is 0 Å². The molecule has 1 fully saturated rings. The summed E-state index contributed by atoms with van der Waals surface area (Å²) in [6, 6.07) is 11.7. The van der Waals surface area contributed by atoms with Gasteiger partial charge in [-0.2, -0.15) is 0 Å². The molecular formula is C24H24BrNO4. The molecule has 0 unspecified atom stereocenters. The maximum Gasteiger partial charge on any atom is 0.195 e. The van der Waals surface area contributed by atoms with E-state index in [0.717, 1.165) is 32.2 Å². The summed E-state index contributed by atoms with van der Waals surface area (Å²) < 4.78 is 12.6. The molecule has 0 amide bonds. The van der Waals surface area contributed by atoms with Gasteiger partial charge in [-0.1, -0.05) is 35.8 Å². The Balaban J connectivity index is 1.49. The fourth-order valence-corrected chi connectivity index (χ4v) is 5.00. The van der Waals surface area contributed by atoms with E-state index >= 15 is 0 Å². The van der Waals surface area contributed by atoms with Crippen LogP contribution in [0.3, 0.4) is 0 Å². The maximum atomic E-state index is 13.4. The lowest BCUT2D eigenvalue weighted by Crippen LogP contribution is -2.33. The van der Waals surface area contributed by atoms with Crippen LogP contribution >= 0.6 is 15.9 Å². The fraction of sp³-hybridized carbons (Fsp3) is 0.375. The van der Waals surface area contributed by atoms with Crippen molar-refractivity contribution in [2.75, 3.05) is 13.2 Å². The topological polar surface area (TPSA) is 71.5 Å². The van der Waals surface area contributed by atoms with Crippen LogP contribution in [0.4, 0.5) is 0 Å². The highest BCUT2D eigenvalue weighted by atomic mass is 79.9. The monoisotopic (exact) mass is 469 g/mol. The molecule has 0 radical (unpaired) electrons. The van der Waals surface area contributed by atoms with Crippen molar-refractivity contribution in [3.05, 3.63) is 63.3 Å². The molecule has 2 heterocycles. The Labute approximate surface area is 183 Å². The Kier molecular flexibility index (Phi) is 4.76. The number of ketones is 1. The van der Waals surface area contributed by atoms with E-state index in [4.69, 9.17) is 9.47 Å². The van der Waals surface area contributed by atoms with Crippen LogP contribution in [0.2, 0.25) is 0 Å². The molecule has 5 rings (SSSR count). The third-order valence-corrected chi connectivity index (χ3v) is 6.79. The lowest BCUT2D eigenvalue weighted by Gasteiger charge is -2.32. The van der Waals surface area contributed by atoms with E-state index in [1.807, 2.05) is 36.4 Å². The van der Waals surface area contributed by atoms with Crippen molar-refractivity contribution in [2.24, 2.45) is 0 Å². The first kappa shape index (κ1) is 19.8. The number of aliphatic hydroxyl groups is 1. The normalized spacial score (nSPS) is 22.6. The van der Waals surface area contributed by atoms with Crippen molar-refractivity contribution in [1.29, 1.82) is 0 Å². The summed E-state index contributed by atoms with van der Waals surface area (Å²) in [7, 11) is 0. The van der Waals surface area contributed by atoms with E-state index in [-0.39, 0.29) is 23.4 Å². The van der Waals surface area contributed by atoms with Crippen molar-refractivity contribution in [2.45, 2.75) is 44.3 Å². The van der Waals surface area contributed by atoms with Gasteiger partial charge in [-0.3, -0.25) is 4.79 Å². The molecule has 2 aliphatic rings. The summed E-state index contributed by atoms with van der Waals surface area (Å²) in [6.45, 7) is 5.20. The molecule has 1 aliphatic carbocycles. The zero-order valence-corrected chi connectivity index (χ0v) is 18.6. The number of aliphatic hydroxyl groups excluding tert-OH is 1. The fourth-order valence-electron chi connectivity index (χ4n) is 4.64. The molecule has 2 N–H and O–H groups in total. The number of aromatic nitrogens is 1. The van der Waals surface area contributed by atoms with Crippen molar-refractivity contribution < 1.29 is 19.4 Å². The van der Waals surface area contributed by atoms with Crippen LogP contribution in [0.1, 0.15) is 53.9 Å². The van der Waals surface area contributed by atoms with Gasteiger partial charge in [0.25, 0.3) is 0 Å². The quantitative estimate of drug-likeness (QED) is 0.581. The molecule has 0 spiro atoms. The van der Waals surface area contributed by atoms with E-state index in [0.29, 0.717) is 37.4 Å².